The number of allylic oxidation sites excluding steroid dienone is 1. The molecular weight excluding hydrogens is 204 g/mol. The van der Waals surface area contributed by atoms with Crippen molar-refractivity contribution in [3.8, 4) is 0 Å². The zero-order chi connectivity index (χ0) is 10.2. The predicted molar refractivity (Wildman–Crippen MR) is 57.6 cm³/mol. The maximum absolute atomic E-state index is 11.4. The summed E-state index contributed by atoms with van der Waals surface area (Å²) in [6.45, 7) is 7.06. The molecule has 0 N–H and O–H groups in total. The quantitative estimate of drug-likeness (QED) is 0.631. The third kappa shape index (κ3) is 2.17. The van der Waals surface area contributed by atoms with Crippen LogP contribution in [-0.4, -0.2) is 15.6 Å². The molecular formula is C9H12O2S2. The van der Waals surface area contributed by atoms with Gasteiger partial charge in [-0.1, -0.05) is 0 Å². The number of thioether (sulfide) groups is 2. The fourth-order valence-electron chi connectivity index (χ4n) is 0.798. The zero-order valence-electron chi connectivity index (χ0n) is 8.13. The van der Waals surface area contributed by atoms with Crippen molar-refractivity contribution < 1.29 is 9.59 Å². The van der Waals surface area contributed by atoms with Gasteiger partial charge in [-0.2, -0.15) is 0 Å². The first kappa shape index (κ1) is 10.9. The molecule has 0 aliphatic carbocycles. The summed E-state index contributed by atoms with van der Waals surface area (Å²) in [5.74, 6) is 0.0421. The number of Topliss-reactive ketones (excluding diaryl/α,β-unsaturated/α-hetero) is 1. The van der Waals surface area contributed by atoms with E-state index in [0.29, 0.717) is 5.57 Å². The van der Waals surface area contributed by atoms with Crippen LogP contribution >= 0.6 is 23.5 Å². The first-order chi connectivity index (χ1) is 5.84. The van der Waals surface area contributed by atoms with Crippen LogP contribution in [0.3, 0.4) is 0 Å². The summed E-state index contributed by atoms with van der Waals surface area (Å²) in [4.78, 5) is 22.5. The van der Waals surface area contributed by atoms with E-state index in [0.717, 1.165) is 4.24 Å². The summed E-state index contributed by atoms with van der Waals surface area (Å²) >= 11 is 2.68. The molecule has 1 rings (SSSR count). The second-order valence-corrected chi connectivity index (χ2v) is 6.35. The number of carbonyl (C=O) groups is 2. The van der Waals surface area contributed by atoms with Crippen LogP contribution in [0.4, 0.5) is 0 Å². The zero-order valence-corrected chi connectivity index (χ0v) is 9.77. The molecule has 1 aliphatic heterocycles. The first-order valence-electron chi connectivity index (χ1n) is 3.97. The molecule has 0 unspecified atom stereocenters. The monoisotopic (exact) mass is 216 g/mol. The van der Waals surface area contributed by atoms with Crippen LogP contribution in [0.2, 0.25) is 0 Å². The Balaban J connectivity index is 2.98. The summed E-state index contributed by atoms with van der Waals surface area (Å²) < 4.78 is 0.485. The van der Waals surface area contributed by atoms with Gasteiger partial charge in [-0.15, -0.1) is 11.8 Å². The summed E-state index contributed by atoms with van der Waals surface area (Å²) in [5, 5.41) is 0.133. The summed E-state index contributed by atoms with van der Waals surface area (Å²) in [6.07, 6.45) is 0. The lowest BCUT2D eigenvalue weighted by atomic mass is 10.2. The molecule has 0 spiro atoms. The fraction of sp³-hybridized carbons (Fsp3) is 0.556. The summed E-state index contributed by atoms with van der Waals surface area (Å²) in [7, 11) is 0. The van der Waals surface area contributed by atoms with E-state index in [2.05, 4.69) is 0 Å². The highest BCUT2D eigenvalue weighted by Gasteiger charge is 2.39. The van der Waals surface area contributed by atoms with Crippen LogP contribution in [0, 0.1) is 0 Å². The van der Waals surface area contributed by atoms with Crippen molar-refractivity contribution in [2.45, 2.75) is 32.4 Å². The number of hydrogen-bond acceptors (Lipinski definition) is 4. The molecule has 0 aromatic carbocycles. The van der Waals surface area contributed by atoms with E-state index >= 15 is 0 Å². The van der Waals surface area contributed by atoms with Gasteiger partial charge in [-0.05, 0) is 39.5 Å². The van der Waals surface area contributed by atoms with E-state index < -0.39 is 0 Å². The lowest BCUT2D eigenvalue weighted by Crippen LogP contribution is -2.19. The van der Waals surface area contributed by atoms with Crippen molar-refractivity contribution in [3.63, 3.8) is 0 Å². The average Bonchev–Trinajstić information content (AvgIpc) is 2.25. The van der Waals surface area contributed by atoms with Gasteiger partial charge in [0.15, 0.2) is 5.78 Å². The normalized spacial score (nSPS) is 24.8. The second kappa shape index (κ2) is 3.50. The maximum atomic E-state index is 11.4. The first-order valence-corrected chi connectivity index (χ1v) is 5.61. The molecule has 1 saturated heterocycles. The Morgan fingerprint density at radius 2 is 1.85 bits per heavy atom. The Bertz CT molecular complexity index is 303. The molecule has 72 valence electrons. The second-order valence-electron chi connectivity index (χ2n) is 3.47. The van der Waals surface area contributed by atoms with Crippen molar-refractivity contribution >= 4 is 34.4 Å². The van der Waals surface area contributed by atoms with E-state index in [-0.39, 0.29) is 15.6 Å². The minimum absolute atomic E-state index is 0.0421. The topological polar surface area (TPSA) is 34.1 Å². The number of carbonyl (C=O) groups excluding carboxylic acids is 2. The van der Waals surface area contributed by atoms with Crippen LogP contribution in [0.25, 0.3) is 0 Å². The van der Waals surface area contributed by atoms with Crippen molar-refractivity contribution in [2.24, 2.45) is 0 Å². The number of ketones is 1. The minimum atomic E-state index is -0.378. The highest BCUT2D eigenvalue weighted by Crippen LogP contribution is 2.51. The third-order valence-electron chi connectivity index (χ3n) is 1.86. The van der Waals surface area contributed by atoms with Gasteiger partial charge in [-0.25, -0.2) is 0 Å². The molecule has 4 heteroatoms. The van der Waals surface area contributed by atoms with Crippen molar-refractivity contribution in [3.05, 3.63) is 9.81 Å². The molecule has 2 nitrogen and oxygen atoms in total. The molecule has 0 bridgehead atoms. The van der Waals surface area contributed by atoms with Gasteiger partial charge in [-0.3, -0.25) is 9.59 Å². The Morgan fingerprint density at radius 3 is 2.15 bits per heavy atom. The lowest BCUT2D eigenvalue weighted by molar-refractivity contribution is -0.113. The van der Waals surface area contributed by atoms with E-state index in [1.54, 1.807) is 6.92 Å². The molecule has 1 aliphatic rings. The maximum Gasteiger partial charge on any atom is 0.210 e. The van der Waals surface area contributed by atoms with Gasteiger partial charge in [0.1, 0.15) is 0 Å². The smallest absolute Gasteiger partial charge is 0.210 e. The van der Waals surface area contributed by atoms with Gasteiger partial charge in [0.05, 0.1) is 8.98 Å². The molecule has 0 saturated carbocycles. The number of hydrogen-bond donors (Lipinski definition) is 0. The Hall–Kier alpha value is -0.220. The Kier molecular flexibility index (Phi) is 2.92. The largest absolute Gasteiger partial charge is 0.295 e. The molecule has 1 fully saturated rings. The molecule has 13 heavy (non-hydrogen) atoms. The molecule has 0 radical (unpaired) electrons. The van der Waals surface area contributed by atoms with Crippen molar-refractivity contribution in [1.82, 2.24) is 0 Å². The summed E-state index contributed by atoms with van der Waals surface area (Å²) in [5.41, 5.74) is 0.703. The molecule has 0 atom stereocenters. The van der Waals surface area contributed by atoms with Crippen molar-refractivity contribution in [2.75, 3.05) is 0 Å². The fourth-order valence-corrected chi connectivity index (χ4v) is 3.62. The van der Waals surface area contributed by atoms with Crippen LogP contribution in [0.5, 0.6) is 0 Å². The molecule has 0 amide bonds. The Morgan fingerprint density at radius 1 is 1.31 bits per heavy atom. The molecule has 0 aromatic heterocycles. The standard InChI is InChI=1S/C9H12O2S2/c1-5(6(2)10)7-12-8(11)9(3,4)13-7/h1-4H3. The predicted octanol–water partition coefficient (Wildman–Crippen LogP) is 2.59. The van der Waals surface area contributed by atoms with Gasteiger partial charge < -0.3 is 0 Å². The van der Waals surface area contributed by atoms with Crippen LogP contribution in [-0.2, 0) is 9.59 Å². The van der Waals surface area contributed by atoms with Gasteiger partial charge >= 0.3 is 0 Å². The minimum Gasteiger partial charge on any atom is -0.295 e. The lowest BCUT2D eigenvalue weighted by Gasteiger charge is -2.10. The van der Waals surface area contributed by atoms with Crippen LogP contribution in [0.1, 0.15) is 27.7 Å². The van der Waals surface area contributed by atoms with E-state index in [1.807, 2.05) is 13.8 Å². The van der Waals surface area contributed by atoms with E-state index in [4.69, 9.17) is 0 Å². The van der Waals surface area contributed by atoms with Gasteiger partial charge in [0.25, 0.3) is 0 Å². The third-order valence-corrected chi connectivity index (χ3v) is 4.86. The van der Waals surface area contributed by atoms with Gasteiger partial charge in [0.2, 0.25) is 5.12 Å². The number of rotatable bonds is 1. The SMILES string of the molecule is CC(=O)C(C)=C1SC(=O)C(C)(C)S1. The molecule has 1 heterocycles. The Labute approximate surface area is 86.5 Å². The molecule has 0 aromatic rings. The average molecular weight is 216 g/mol. The van der Waals surface area contributed by atoms with Gasteiger partial charge in [0, 0.05) is 5.57 Å². The van der Waals surface area contributed by atoms with E-state index in [1.165, 1.54) is 30.4 Å². The summed E-state index contributed by atoms with van der Waals surface area (Å²) in [6, 6.07) is 0. The highest BCUT2D eigenvalue weighted by atomic mass is 32.2. The van der Waals surface area contributed by atoms with E-state index in [9.17, 15) is 9.59 Å². The van der Waals surface area contributed by atoms with Crippen LogP contribution < -0.4 is 0 Å². The highest BCUT2D eigenvalue weighted by molar-refractivity contribution is 8.35. The van der Waals surface area contributed by atoms with Crippen molar-refractivity contribution in [1.29, 1.82) is 0 Å². The van der Waals surface area contributed by atoms with Crippen LogP contribution in [0.15, 0.2) is 9.81 Å².